The third-order valence-electron chi connectivity index (χ3n) is 1.84. The Bertz CT molecular complexity index is 290. The first-order chi connectivity index (χ1) is 6.85. The van der Waals surface area contributed by atoms with Crippen LogP contribution in [0.5, 0.6) is 0 Å². The maximum atomic E-state index is 11.4. The summed E-state index contributed by atoms with van der Waals surface area (Å²) >= 11 is 5.27. The van der Waals surface area contributed by atoms with Crippen LogP contribution in [-0.2, 0) is 23.9 Å². The van der Waals surface area contributed by atoms with Gasteiger partial charge in [-0.15, -0.1) is 11.6 Å². The molecule has 5 nitrogen and oxygen atoms in total. The number of hydrogen-bond donors (Lipinski definition) is 0. The van der Waals surface area contributed by atoms with E-state index in [1.165, 1.54) is 13.8 Å². The summed E-state index contributed by atoms with van der Waals surface area (Å²) in [6, 6.07) is 0. The predicted octanol–water partition coefficient (Wildman–Crippen LogP) is 0.637. The van der Waals surface area contributed by atoms with Gasteiger partial charge >= 0.3 is 11.9 Å². The second-order valence-electron chi connectivity index (χ2n) is 3.67. The maximum absolute atomic E-state index is 11.4. The lowest BCUT2D eigenvalue weighted by Gasteiger charge is -2.32. The van der Waals surface area contributed by atoms with Crippen LogP contribution in [0.3, 0.4) is 0 Å². The fraction of sp³-hybridized carbons (Fsp3) is 0.667. The minimum absolute atomic E-state index is 0.236. The van der Waals surface area contributed by atoms with Crippen molar-refractivity contribution >= 4 is 29.3 Å². The molecule has 0 unspecified atom stereocenters. The number of halogens is 1. The van der Waals surface area contributed by atoms with Crippen molar-refractivity contribution in [3.05, 3.63) is 0 Å². The third kappa shape index (κ3) is 2.92. The van der Waals surface area contributed by atoms with Crippen molar-refractivity contribution < 1.29 is 23.9 Å². The molecular formula is C9H11ClO5. The van der Waals surface area contributed by atoms with Crippen molar-refractivity contribution in [3.63, 3.8) is 0 Å². The van der Waals surface area contributed by atoms with Gasteiger partial charge in [0, 0.05) is 20.3 Å². The standard InChI is InChI=1S/C9H11ClO5/c1-9(2)14-7(12)6(8(13)15-9)3-5(11)4-10/h6H,3-4H2,1-2H3. The zero-order valence-corrected chi connectivity index (χ0v) is 9.17. The summed E-state index contributed by atoms with van der Waals surface area (Å²) in [6.07, 6.45) is -0.267. The van der Waals surface area contributed by atoms with Gasteiger partial charge in [0.15, 0.2) is 5.92 Å². The highest BCUT2D eigenvalue weighted by atomic mass is 35.5. The summed E-state index contributed by atoms with van der Waals surface area (Å²) in [5, 5.41) is 0. The van der Waals surface area contributed by atoms with Gasteiger partial charge in [-0.1, -0.05) is 0 Å². The molecule has 1 fully saturated rings. The van der Waals surface area contributed by atoms with E-state index in [-0.39, 0.29) is 12.3 Å². The van der Waals surface area contributed by atoms with Crippen LogP contribution in [0.15, 0.2) is 0 Å². The van der Waals surface area contributed by atoms with Gasteiger partial charge < -0.3 is 9.47 Å². The number of carbonyl (C=O) groups excluding carboxylic acids is 3. The van der Waals surface area contributed by atoms with E-state index < -0.39 is 29.4 Å². The highest BCUT2D eigenvalue weighted by Gasteiger charge is 2.43. The van der Waals surface area contributed by atoms with Gasteiger partial charge in [-0.2, -0.15) is 0 Å². The average Bonchev–Trinajstić information content (AvgIpc) is 2.09. The van der Waals surface area contributed by atoms with Gasteiger partial charge in [0.1, 0.15) is 5.78 Å². The van der Waals surface area contributed by atoms with Crippen LogP contribution in [0, 0.1) is 5.92 Å². The van der Waals surface area contributed by atoms with E-state index in [0.717, 1.165) is 0 Å². The summed E-state index contributed by atoms with van der Waals surface area (Å²) < 4.78 is 9.65. The summed E-state index contributed by atoms with van der Waals surface area (Å²) in [5.74, 6) is -4.54. The molecule has 0 radical (unpaired) electrons. The fourth-order valence-corrected chi connectivity index (χ4v) is 1.30. The summed E-state index contributed by atoms with van der Waals surface area (Å²) in [4.78, 5) is 33.7. The van der Waals surface area contributed by atoms with Gasteiger partial charge in [0.2, 0.25) is 0 Å². The van der Waals surface area contributed by atoms with Crippen LogP contribution in [0.25, 0.3) is 0 Å². The molecule has 0 aromatic heterocycles. The second-order valence-corrected chi connectivity index (χ2v) is 3.94. The van der Waals surface area contributed by atoms with Crippen LogP contribution in [-0.4, -0.2) is 29.4 Å². The molecule has 0 aliphatic carbocycles. The summed E-state index contributed by atoms with van der Waals surface area (Å²) in [5.41, 5.74) is 0. The highest BCUT2D eigenvalue weighted by Crippen LogP contribution is 2.25. The van der Waals surface area contributed by atoms with Crippen LogP contribution >= 0.6 is 11.6 Å². The van der Waals surface area contributed by atoms with Gasteiger partial charge in [-0.25, -0.2) is 0 Å². The Hall–Kier alpha value is -1.10. The molecule has 1 heterocycles. The molecular weight excluding hydrogens is 224 g/mol. The van der Waals surface area contributed by atoms with Gasteiger partial charge in [0.05, 0.1) is 5.88 Å². The van der Waals surface area contributed by atoms with Gasteiger partial charge in [-0.3, -0.25) is 14.4 Å². The Balaban J connectivity index is 2.71. The normalized spacial score (nSPS) is 20.7. The van der Waals surface area contributed by atoms with E-state index in [1.807, 2.05) is 0 Å². The molecule has 0 saturated carbocycles. The number of ether oxygens (including phenoxy) is 2. The first kappa shape index (κ1) is 12.0. The molecule has 0 aromatic carbocycles. The summed E-state index contributed by atoms with van der Waals surface area (Å²) in [6.45, 7) is 2.89. The van der Waals surface area contributed by atoms with Crippen LogP contribution in [0.2, 0.25) is 0 Å². The number of cyclic esters (lactones) is 2. The SMILES string of the molecule is CC1(C)OC(=O)C(CC(=O)CCl)C(=O)O1. The Morgan fingerprint density at radius 3 is 2.20 bits per heavy atom. The quantitative estimate of drug-likeness (QED) is 0.407. The topological polar surface area (TPSA) is 69.7 Å². The first-order valence-corrected chi connectivity index (χ1v) is 4.92. The highest BCUT2D eigenvalue weighted by molar-refractivity contribution is 6.28. The zero-order chi connectivity index (χ0) is 11.6. The van der Waals surface area contributed by atoms with Crippen molar-refractivity contribution in [1.82, 2.24) is 0 Å². The van der Waals surface area contributed by atoms with E-state index in [9.17, 15) is 14.4 Å². The fourth-order valence-electron chi connectivity index (χ4n) is 1.19. The molecule has 84 valence electrons. The van der Waals surface area contributed by atoms with Crippen molar-refractivity contribution in [2.24, 2.45) is 5.92 Å². The molecule has 0 amide bonds. The van der Waals surface area contributed by atoms with Crippen molar-refractivity contribution in [3.8, 4) is 0 Å². The molecule has 0 bridgehead atoms. The number of alkyl halides is 1. The molecule has 1 rings (SSSR count). The van der Waals surface area contributed by atoms with Crippen LogP contribution in [0.1, 0.15) is 20.3 Å². The van der Waals surface area contributed by atoms with Crippen molar-refractivity contribution in [2.75, 3.05) is 5.88 Å². The molecule has 15 heavy (non-hydrogen) atoms. The molecule has 0 spiro atoms. The lowest BCUT2D eigenvalue weighted by molar-refractivity contribution is -0.240. The van der Waals surface area contributed by atoms with Crippen molar-refractivity contribution in [2.45, 2.75) is 26.1 Å². The van der Waals surface area contributed by atoms with E-state index in [1.54, 1.807) is 0 Å². The Morgan fingerprint density at radius 2 is 1.80 bits per heavy atom. The number of hydrogen-bond acceptors (Lipinski definition) is 5. The number of rotatable bonds is 3. The molecule has 1 saturated heterocycles. The average molecular weight is 235 g/mol. The van der Waals surface area contributed by atoms with Crippen LogP contribution < -0.4 is 0 Å². The number of Topliss-reactive ketones (excluding diaryl/α,β-unsaturated/α-hetero) is 1. The predicted molar refractivity (Wildman–Crippen MR) is 50.1 cm³/mol. The van der Waals surface area contributed by atoms with Crippen LogP contribution in [0.4, 0.5) is 0 Å². The Labute approximate surface area is 91.7 Å². The van der Waals surface area contributed by atoms with Crippen molar-refractivity contribution in [1.29, 1.82) is 0 Å². The van der Waals surface area contributed by atoms with E-state index in [2.05, 4.69) is 0 Å². The molecule has 1 aliphatic rings. The minimum Gasteiger partial charge on any atom is -0.422 e. The Kier molecular flexibility index (Phi) is 3.34. The maximum Gasteiger partial charge on any atom is 0.324 e. The molecule has 0 atom stereocenters. The second kappa shape index (κ2) is 4.18. The number of ketones is 1. The molecule has 0 N–H and O–H groups in total. The third-order valence-corrected chi connectivity index (χ3v) is 2.14. The lowest BCUT2D eigenvalue weighted by Crippen LogP contribution is -2.46. The van der Waals surface area contributed by atoms with Gasteiger partial charge in [-0.05, 0) is 0 Å². The monoisotopic (exact) mass is 234 g/mol. The largest absolute Gasteiger partial charge is 0.422 e. The minimum atomic E-state index is -1.26. The first-order valence-electron chi connectivity index (χ1n) is 4.39. The molecule has 0 aromatic rings. The molecule has 1 aliphatic heterocycles. The molecule has 6 heteroatoms. The summed E-state index contributed by atoms with van der Waals surface area (Å²) in [7, 11) is 0. The van der Waals surface area contributed by atoms with E-state index >= 15 is 0 Å². The zero-order valence-electron chi connectivity index (χ0n) is 8.41. The smallest absolute Gasteiger partial charge is 0.324 e. The lowest BCUT2D eigenvalue weighted by atomic mass is 10.0. The number of carbonyl (C=O) groups is 3. The van der Waals surface area contributed by atoms with Gasteiger partial charge in [0.25, 0.3) is 5.79 Å². The number of esters is 2. The Morgan fingerprint density at radius 1 is 1.33 bits per heavy atom. The van der Waals surface area contributed by atoms with E-state index in [0.29, 0.717) is 0 Å². The van der Waals surface area contributed by atoms with E-state index in [4.69, 9.17) is 21.1 Å².